The summed E-state index contributed by atoms with van der Waals surface area (Å²) in [5.41, 5.74) is 2.82. The second-order valence-electron chi connectivity index (χ2n) is 5.72. The molecule has 2 rings (SSSR count). The number of hydrogen-bond acceptors (Lipinski definition) is 2. The van der Waals surface area contributed by atoms with E-state index in [-0.39, 0.29) is 0 Å². The zero-order valence-corrected chi connectivity index (χ0v) is 14.6. The third kappa shape index (κ3) is 5.15. The molecule has 0 saturated heterocycles. The molecule has 2 nitrogen and oxygen atoms in total. The molecule has 0 aliphatic rings. The maximum absolute atomic E-state index is 12.6. The Hall–Kier alpha value is -1.71. The van der Waals surface area contributed by atoms with Gasteiger partial charge in [-0.3, -0.25) is 0 Å². The van der Waals surface area contributed by atoms with Crippen molar-refractivity contribution in [2.45, 2.75) is 44.1 Å². The highest BCUT2D eigenvalue weighted by atomic mass is 32.2. The molecule has 2 atom stereocenters. The highest BCUT2D eigenvalue weighted by molar-refractivity contribution is 7.88. The van der Waals surface area contributed by atoms with Crippen molar-refractivity contribution in [3.8, 4) is 0 Å². The molecule has 3 heteroatoms. The molecule has 0 saturated carbocycles. The van der Waals surface area contributed by atoms with E-state index < -0.39 is 16.9 Å². The summed E-state index contributed by atoms with van der Waals surface area (Å²) in [4.78, 5) is 0.768. The van der Waals surface area contributed by atoms with Gasteiger partial charge in [0.2, 0.25) is 0 Å². The van der Waals surface area contributed by atoms with Crippen LogP contribution in [0.25, 0.3) is 0 Å². The summed E-state index contributed by atoms with van der Waals surface area (Å²) in [7, 11) is -1.24. The van der Waals surface area contributed by atoms with Gasteiger partial charge in [0, 0.05) is 10.3 Å². The Kier molecular flexibility index (Phi) is 6.75. The Morgan fingerprint density at radius 2 is 1.78 bits per heavy atom. The summed E-state index contributed by atoms with van der Waals surface area (Å²) in [5.74, 6) is 0. The monoisotopic (exact) mass is 328 g/mol. The molecule has 0 radical (unpaired) electrons. The number of aryl methyl sites for hydroxylation is 1. The van der Waals surface area contributed by atoms with Crippen molar-refractivity contribution in [2.24, 2.45) is 0 Å². The lowest BCUT2D eigenvalue weighted by molar-refractivity contribution is 0.211. The van der Waals surface area contributed by atoms with Crippen LogP contribution in [0, 0.1) is 6.92 Å². The first-order valence-electron chi connectivity index (χ1n) is 8.02. The van der Waals surface area contributed by atoms with Crippen LogP contribution in [0.3, 0.4) is 0 Å². The zero-order valence-electron chi connectivity index (χ0n) is 13.7. The fourth-order valence-corrected chi connectivity index (χ4v) is 3.43. The molecule has 1 N–H and O–H groups in total. The van der Waals surface area contributed by atoms with E-state index in [1.54, 1.807) is 5.41 Å². The highest BCUT2D eigenvalue weighted by Crippen LogP contribution is 2.27. The molecule has 122 valence electrons. The summed E-state index contributed by atoms with van der Waals surface area (Å²) in [6, 6.07) is 17.2. The van der Waals surface area contributed by atoms with Crippen LogP contribution in [0.4, 0.5) is 0 Å². The van der Waals surface area contributed by atoms with Crippen LogP contribution in [0.15, 0.2) is 70.5 Å². The Balaban J connectivity index is 2.26. The lowest BCUT2D eigenvalue weighted by atomic mass is 9.99. The van der Waals surface area contributed by atoms with E-state index in [4.69, 9.17) is 0 Å². The average molecular weight is 328 g/mol. The van der Waals surface area contributed by atoms with Gasteiger partial charge >= 0.3 is 0 Å². The summed E-state index contributed by atoms with van der Waals surface area (Å²) in [6.45, 7) is 4.12. The molecule has 2 aromatic carbocycles. The molecule has 23 heavy (non-hydrogen) atoms. The minimum atomic E-state index is -1.24. The molecule has 0 amide bonds. The van der Waals surface area contributed by atoms with Gasteiger partial charge in [-0.1, -0.05) is 61.4 Å². The first-order valence-corrected chi connectivity index (χ1v) is 9.24. The van der Waals surface area contributed by atoms with E-state index in [0.29, 0.717) is 0 Å². The molecule has 0 aliphatic heterocycles. The van der Waals surface area contributed by atoms with Crippen molar-refractivity contribution < 1.29 is 9.32 Å². The molecule has 2 aromatic rings. The molecular weight excluding hydrogens is 304 g/mol. The van der Waals surface area contributed by atoms with E-state index in [1.807, 2.05) is 61.5 Å². The van der Waals surface area contributed by atoms with Gasteiger partial charge in [0.05, 0.1) is 10.8 Å². The average Bonchev–Trinajstić information content (AvgIpc) is 2.59. The smallest absolute Gasteiger partial charge is 0.101 e. The van der Waals surface area contributed by atoms with Gasteiger partial charge in [0.25, 0.3) is 0 Å². The maximum Gasteiger partial charge on any atom is 0.101 e. The van der Waals surface area contributed by atoms with Gasteiger partial charge < -0.3 is 5.11 Å². The Morgan fingerprint density at radius 1 is 1.13 bits per heavy atom. The van der Waals surface area contributed by atoms with Crippen LogP contribution >= 0.6 is 0 Å². The van der Waals surface area contributed by atoms with Crippen LogP contribution in [-0.4, -0.2) is 9.32 Å². The lowest BCUT2D eigenvalue weighted by Crippen LogP contribution is -2.03. The fraction of sp³-hybridized carbons (Fsp3) is 0.300. The SMILES string of the molecule is CCCC/C(=C/S(=O)c1ccc(C)cc1)[C@H](O)c1ccccc1. The van der Waals surface area contributed by atoms with E-state index in [9.17, 15) is 9.32 Å². The minimum Gasteiger partial charge on any atom is -0.384 e. The molecule has 0 aromatic heterocycles. The molecular formula is C20H24O2S. The predicted molar refractivity (Wildman–Crippen MR) is 96.6 cm³/mol. The van der Waals surface area contributed by atoms with Crippen molar-refractivity contribution in [2.75, 3.05) is 0 Å². The molecule has 1 unspecified atom stereocenters. The third-order valence-corrected chi connectivity index (χ3v) is 5.05. The lowest BCUT2D eigenvalue weighted by Gasteiger charge is -2.15. The van der Waals surface area contributed by atoms with Gasteiger partial charge in [-0.25, -0.2) is 4.21 Å². The summed E-state index contributed by atoms with van der Waals surface area (Å²) < 4.78 is 12.6. The van der Waals surface area contributed by atoms with Crippen molar-refractivity contribution >= 4 is 10.8 Å². The normalized spacial score (nSPS) is 14.5. The standard InChI is InChI=1S/C20H24O2S/c1-3-4-8-18(20(21)17-9-6-5-7-10-17)15-23(22)19-13-11-16(2)12-14-19/h5-7,9-15,20-21H,3-4,8H2,1-2H3/b18-15-/t20-,23?/m1/s1. The third-order valence-electron chi connectivity index (χ3n) is 3.80. The summed E-state index contributed by atoms with van der Waals surface area (Å²) >= 11 is 0. The number of rotatable bonds is 7. The van der Waals surface area contributed by atoms with Crippen LogP contribution in [0.5, 0.6) is 0 Å². The van der Waals surface area contributed by atoms with Gasteiger partial charge in [0.15, 0.2) is 0 Å². The van der Waals surface area contributed by atoms with Crippen LogP contribution in [0.2, 0.25) is 0 Å². The summed E-state index contributed by atoms with van der Waals surface area (Å²) in [5, 5.41) is 12.4. The van der Waals surface area contributed by atoms with E-state index in [2.05, 4.69) is 6.92 Å². The summed E-state index contributed by atoms with van der Waals surface area (Å²) in [6.07, 6.45) is 2.07. The van der Waals surface area contributed by atoms with Gasteiger partial charge in [-0.05, 0) is 43.0 Å². The van der Waals surface area contributed by atoms with Crippen molar-refractivity contribution in [3.63, 3.8) is 0 Å². The first-order chi connectivity index (χ1) is 11.1. The maximum atomic E-state index is 12.6. The number of aliphatic hydroxyl groups is 1. The van der Waals surface area contributed by atoms with Gasteiger partial charge in [0.1, 0.15) is 6.10 Å². The van der Waals surface area contributed by atoms with Crippen LogP contribution < -0.4 is 0 Å². The number of aliphatic hydroxyl groups excluding tert-OH is 1. The number of unbranched alkanes of at least 4 members (excludes halogenated alkanes) is 1. The molecule has 0 bridgehead atoms. The molecule has 0 heterocycles. The Bertz CT molecular complexity index is 660. The number of hydrogen-bond donors (Lipinski definition) is 1. The van der Waals surface area contributed by atoms with Crippen molar-refractivity contribution in [1.29, 1.82) is 0 Å². The Morgan fingerprint density at radius 3 is 2.39 bits per heavy atom. The van der Waals surface area contributed by atoms with Gasteiger partial charge in [-0.2, -0.15) is 0 Å². The first kappa shape index (κ1) is 17.6. The second kappa shape index (κ2) is 8.80. The van der Waals surface area contributed by atoms with Crippen molar-refractivity contribution in [3.05, 3.63) is 76.7 Å². The molecule has 0 spiro atoms. The Labute approximate surface area is 141 Å². The van der Waals surface area contributed by atoms with E-state index in [1.165, 1.54) is 0 Å². The highest BCUT2D eigenvalue weighted by Gasteiger charge is 2.14. The largest absolute Gasteiger partial charge is 0.384 e. The fourth-order valence-electron chi connectivity index (χ4n) is 2.37. The van der Waals surface area contributed by atoms with E-state index in [0.717, 1.165) is 40.9 Å². The quantitative estimate of drug-likeness (QED) is 0.784. The second-order valence-corrected chi connectivity index (χ2v) is 7.02. The van der Waals surface area contributed by atoms with Gasteiger partial charge in [-0.15, -0.1) is 0 Å². The minimum absolute atomic E-state index is 0.697. The van der Waals surface area contributed by atoms with E-state index >= 15 is 0 Å². The van der Waals surface area contributed by atoms with Crippen molar-refractivity contribution in [1.82, 2.24) is 0 Å². The topological polar surface area (TPSA) is 37.3 Å². The predicted octanol–water partition coefficient (Wildman–Crippen LogP) is 4.91. The van der Waals surface area contributed by atoms with Crippen LogP contribution in [-0.2, 0) is 10.8 Å². The number of benzene rings is 2. The zero-order chi connectivity index (χ0) is 16.7. The molecule has 0 aliphatic carbocycles. The van der Waals surface area contributed by atoms with Crippen LogP contribution in [0.1, 0.15) is 43.4 Å². The molecule has 0 fully saturated rings.